The fourth-order valence-electron chi connectivity index (χ4n) is 4.11. The lowest BCUT2D eigenvalue weighted by molar-refractivity contribution is -0.134. The molecule has 1 saturated heterocycles. The first-order chi connectivity index (χ1) is 15.4. The third-order valence-corrected chi connectivity index (χ3v) is 5.77. The molecule has 2 aliphatic heterocycles. The second-order valence-electron chi connectivity index (χ2n) is 8.17. The highest BCUT2D eigenvalue weighted by Crippen LogP contribution is 2.34. The topological polar surface area (TPSA) is 100 Å². The van der Waals surface area contributed by atoms with Crippen molar-refractivity contribution in [3.8, 4) is 6.07 Å². The number of piperazine rings is 1. The molecule has 2 aromatic carbocycles. The van der Waals surface area contributed by atoms with Crippen LogP contribution in [0.4, 0.5) is 10.5 Å². The number of nitriles is 1. The average molecular weight is 431 g/mol. The maximum atomic E-state index is 13.3. The lowest BCUT2D eigenvalue weighted by Crippen LogP contribution is -2.55. The van der Waals surface area contributed by atoms with Gasteiger partial charge in [-0.3, -0.25) is 9.80 Å². The summed E-state index contributed by atoms with van der Waals surface area (Å²) in [5.74, 6) is -0.0459. The third kappa shape index (κ3) is 4.15. The summed E-state index contributed by atoms with van der Waals surface area (Å²) in [6.45, 7) is 5.10. The van der Waals surface area contributed by atoms with Gasteiger partial charge in [0.1, 0.15) is 5.70 Å². The predicted octanol–water partition coefficient (Wildman–Crippen LogP) is 2.79. The molecule has 3 N–H and O–H groups in total. The molecule has 2 unspecified atom stereocenters. The van der Waals surface area contributed by atoms with Crippen LogP contribution < -0.4 is 16.1 Å². The van der Waals surface area contributed by atoms with Crippen LogP contribution in [0.15, 0.2) is 54.2 Å². The predicted molar refractivity (Wildman–Crippen MR) is 121 cm³/mol. The molecule has 0 saturated carbocycles. The molecule has 0 spiro atoms. The number of rotatable bonds is 4. The molecule has 2 aromatic rings. The molecule has 2 atom stereocenters. The molecular formula is C24H26N6O2. The van der Waals surface area contributed by atoms with E-state index in [1.54, 1.807) is 19.2 Å². The van der Waals surface area contributed by atoms with Gasteiger partial charge < -0.3 is 15.5 Å². The van der Waals surface area contributed by atoms with Crippen molar-refractivity contribution in [3.05, 3.63) is 76.5 Å². The lowest BCUT2D eigenvalue weighted by Gasteiger charge is -2.40. The number of fused-ring (bicyclic) bond motifs is 1. The van der Waals surface area contributed by atoms with Crippen molar-refractivity contribution in [2.24, 2.45) is 0 Å². The van der Waals surface area contributed by atoms with Crippen LogP contribution in [0.1, 0.15) is 35.2 Å². The van der Waals surface area contributed by atoms with E-state index in [-0.39, 0.29) is 24.0 Å². The van der Waals surface area contributed by atoms with Crippen LogP contribution in [0.2, 0.25) is 0 Å². The van der Waals surface area contributed by atoms with E-state index in [9.17, 15) is 9.59 Å². The first-order valence-corrected chi connectivity index (χ1v) is 10.5. The van der Waals surface area contributed by atoms with Gasteiger partial charge in [0, 0.05) is 25.8 Å². The zero-order valence-corrected chi connectivity index (χ0v) is 18.3. The van der Waals surface area contributed by atoms with Crippen LogP contribution in [0, 0.1) is 18.3 Å². The number of carbonyl (C=O) groups is 2. The Morgan fingerprint density at radius 3 is 2.69 bits per heavy atom. The normalized spacial score (nSPS) is 19.8. The van der Waals surface area contributed by atoms with E-state index < -0.39 is 0 Å². The van der Waals surface area contributed by atoms with Crippen molar-refractivity contribution < 1.29 is 9.59 Å². The molecule has 32 heavy (non-hydrogen) atoms. The number of carbonyl (C=O) groups excluding carboxylic acids is 2. The summed E-state index contributed by atoms with van der Waals surface area (Å²) in [6.07, 6.45) is 1.92. The van der Waals surface area contributed by atoms with Crippen molar-refractivity contribution >= 4 is 17.6 Å². The van der Waals surface area contributed by atoms with E-state index >= 15 is 0 Å². The molecule has 0 radical (unpaired) electrons. The summed E-state index contributed by atoms with van der Waals surface area (Å²) in [5, 5.41) is 16.4. The van der Waals surface area contributed by atoms with Crippen molar-refractivity contribution in [1.82, 2.24) is 20.7 Å². The Morgan fingerprint density at radius 2 is 2.00 bits per heavy atom. The first kappa shape index (κ1) is 21.4. The Hall–Kier alpha value is -3.83. The Bertz CT molecular complexity index is 1120. The molecular weight excluding hydrogens is 404 g/mol. The zero-order valence-electron chi connectivity index (χ0n) is 18.3. The van der Waals surface area contributed by atoms with Gasteiger partial charge in [-0.25, -0.2) is 10.2 Å². The highest BCUT2D eigenvalue weighted by Gasteiger charge is 2.39. The highest BCUT2D eigenvalue weighted by molar-refractivity contribution is 5.94. The number of anilines is 1. The number of urea groups is 1. The molecule has 164 valence electrons. The number of hydrogen-bond donors (Lipinski definition) is 3. The number of benzene rings is 2. The second kappa shape index (κ2) is 8.73. The summed E-state index contributed by atoms with van der Waals surface area (Å²) in [4.78, 5) is 27.0. The smallest absolute Gasteiger partial charge is 0.318 e. The van der Waals surface area contributed by atoms with Crippen molar-refractivity contribution in [1.29, 1.82) is 5.26 Å². The van der Waals surface area contributed by atoms with Crippen molar-refractivity contribution in [3.63, 3.8) is 0 Å². The van der Waals surface area contributed by atoms with Gasteiger partial charge in [-0.05, 0) is 54.8 Å². The number of nitrogens with one attached hydrogen (secondary N) is 3. The van der Waals surface area contributed by atoms with Gasteiger partial charge in [0.2, 0.25) is 0 Å². The van der Waals surface area contributed by atoms with Crippen molar-refractivity contribution in [2.45, 2.75) is 32.5 Å². The van der Waals surface area contributed by atoms with E-state index in [0.29, 0.717) is 30.0 Å². The third-order valence-electron chi connectivity index (χ3n) is 5.77. The largest absolute Gasteiger partial charge is 0.341 e. The van der Waals surface area contributed by atoms with E-state index in [1.165, 1.54) is 0 Å². The molecule has 0 aromatic heterocycles. The fraction of sp³-hybridized carbons (Fsp3) is 0.292. The fourth-order valence-corrected chi connectivity index (χ4v) is 4.11. The van der Waals surface area contributed by atoms with Gasteiger partial charge in [0.05, 0.1) is 23.7 Å². The molecule has 8 heteroatoms. The highest BCUT2D eigenvalue weighted by atomic mass is 16.2. The number of hydrogen-bond acceptors (Lipinski definition) is 5. The number of nitrogens with zero attached hydrogens (tertiary/aromatic N) is 3. The van der Waals surface area contributed by atoms with E-state index in [1.807, 2.05) is 53.2 Å². The minimum Gasteiger partial charge on any atom is -0.341 e. The molecule has 2 heterocycles. The maximum absolute atomic E-state index is 13.3. The summed E-state index contributed by atoms with van der Waals surface area (Å²) >= 11 is 0. The van der Waals surface area contributed by atoms with Gasteiger partial charge >= 0.3 is 6.03 Å². The summed E-state index contributed by atoms with van der Waals surface area (Å²) < 4.78 is 0. The van der Waals surface area contributed by atoms with E-state index in [2.05, 4.69) is 29.1 Å². The van der Waals surface area contributed by atoms with Crippen LogP contribution >= 0.6 is 0 Å². The Morgan fingerprint density at radius 1 is 1.25 bits per heavy atom. The number of aryl methyl sites for hydroxylation is 1. The van der Waals surface area contributed by atoms with Crippen LogP contribution in [0.25, 0.3) is 0 Å². The van der Waals surface area contributed by atoms with Gasteiger partial charge in [-0.15, -0.1) is 0 Å². The van der Waals surface area contributed by atoms with Gasteiger partial charge in [-0.2, -0.15) is 5.26 Å². The molecule has 4 rings (SSSR count). The molecule has 1 fully saturated rings. The molecule has 8 nitrogen and oxygen atoms in total. The minimum atomic E-state index is -0.293. The summed E-state index contributed by atoms with van der Waals surface area (Å²) in [7, 11) is 1.57. The monoisotopic (exact) mass is 430 g/mol. The lowest BCUT2D eigenvalue weighted by atomic mass is 10.0. The molecule has 3 amide bonds. The summed E-state index contributed by atoms with van der Waals surface area (Å²) in [5.41, 5.74) is 8.23. The number of hydrazine groups is 1. The molecule has 0 aliphatic carbocycles. The van der Waals surface area contributed by atoms with Crippen LogP contribution in [0.5, 0.6) is 0 Å². The van der Waals surface area contributed by atoms with Gasteiger partial charge in [-0.1, -0.05) is 24.3 Å². The SMILES string of the molecule is CNC(=O)Nc1cc(C)ccc1C1C=C2C(=O)N(Cc3ccc(C#N)cc3)CC(C)N2N1. The zero-order chi connectivity index (χ0) is 22.8. The van der Waals surface area contributed by atoms with E-state index in [0.717, 1.165) is 16.7 Å². The molecule has 0 bridgehead atoms. The van der Waals surface area contributed by atoms with Gasteiger partial charge in [0.15, 0.2) is 0 Å². The Labute approximate surface area is 187 Å². The minimum absolute atomic E-state index is 0.0459. The average Bonchev–Trinajstić information content (AvgIpc) is 3.24. The van der Waals surface area contributed by atoms with E-state index in [4.69, 9.17) is 5.26 Å². The quantitative estimate of drug-likeness (QED) is 0.693. The van der Waals surface area contributed by atoms with Gasteiger partial charge in [0.25, 0.3) is 5.91 Å². The second-order valence-corrected chi connectivity index (χ2v) is 8.17. The Kier molecular flexibility index (Phi) is 5.84. The standard InChI is InChI=1S/C24H26N6O2/c1-15-4-9-19(20(10-15)27-24(32)26-3)21-11-22-23(31)29(13-16(2)30(22)28-21)14-18-7-5-17(12-25)6-8-18/h4-11,16,21,28H,13-14H2,1-3H3,(H2,26,27,32). The number of amides is 3. The van der Waals surface area contributed by atoms with Crippen LogP contribution in [-0.2, 0) is 11.3 Å². The van der Waals surface area contributed by atoms with Crippen LogP contribution in [-0.4, -0.2) is 41.5 Å². The molecule has 2 aliphatic rings. The first-order valence-electron chi connectivity index (χ1n) is 10.5. The maximum Gasteiger partial charge on any atom is 0.318 e. The van der Waals surface area contributed by atoms with Crippen molar-refractivity contribution in [2.75, 3.05) is 18.9 Å². The summed E-state index contributed by atoms with van der Waals surface area (Å²) in [6, 6.07) is 14.8. The Balaban J connectivity index is 1.58. The van der Waals surface area contributed by atoms with Crippen LogP contribution in [0.3, 0.4) is 0 Å².